The highest BCUT2D eigenvalue weighted by Crippen LogP contribution is 2.16. The van der Waals surface area contributed by atoms with Gasteiger partial charge in [-0.1, -0.05) is 37.3 Å². The Bertz CT molecular complexity index is 933. The van der Waals surface area contributed by atoms with E-state index in [1.54, 1.807) is 24.3 Å². The van der Waals surface area contributed by atoms with Crippen LogP contribution < -0.4 is 5.32 Å². The van der Waals surface area contributed by atoms with Crippen molar-refractivity contribution < 1.29 is 13.2 Å². The van der Waals surface area contributed by atoms with Gasteiger partial charge in [-0.15, -0.1) is 0 Å². The highest BCUT2D eigenvalue weighted by molar-refractivity contribution is 7.88. The Kier molecular flexibility index (Phi) is 6.50. The van der Waals surface area contributed by atoms with Crippen molar-refractivity contribution in [2.75, 3.05) is 18.9 Å². The smallest absolute Gasteiger partial charge is 0.239 e. The van der Waals surface area contributed by atoms with Gasteiger partial charge in [-0.05, 0) is 35.7 Å². The van der Waals surface area contributed by atoms with Gasteiger partial charge in [0.15, 0.2) is 0 Å². The van der Waals surface area contributed by atoms with E-state index in [4.69, 9.17) is 5.26 Å². The minimum Gasteiger partial charge on any atom is -0.325 e. The number of benzene rings is 2. The normalized spacial score (nSPS) is 11.2. The van der Waals surface area contributed by atoms with Gasteiger partial charge in [-0.3, -0.25) is 4.79 Å². The van der Waals surface area contributed by atoms with Crippen molar-refractivity contribution in [1.29, 1.82) is 5.26 Å². The molecule has 136 valence electrons. The molecule has 1 amide bonds. The standard InChI is InChI=1S/C19H21N3O3S/c1-3-17-9-4-5-10-18(17)21-19(23)13-22(2)26(24,25)14-16-8-6-7-15(11-16)12-20/h4-11H,3,13-14H2,1-2H3,(H,21,23). The van der Waals surface area contributed by atoms with Gasteiger partial charge in [0.05, 0.1) is 23.9 Å². The Morgan fingerprint density at radius 2 is 1.92 bits per heavy atom. The van der Waals surface area contributed by atoms with Gasteiger partial charge in [0.1, 0.15) is 0 Å². The predicted molar refractivity (Wildman–Crippen MR) is 101 cm³/mol. The summed E-state index contributed by atoms with van der Waals surface area (Å²) in [6.07, 6.45) is 0.764. The Labute approximate surface area is 154 Å². The van der Waals surface area contributed by atoms with E-state index in [1.165, 1.54) is 13.1 Å². The fraction of sp³-hybridized carbons (Fsp3) is 0.263. The molecule has 26 heavy (non-hydrogen) atoms. The third-order valence-electron chi connectivity index (χ3n) is 3.92. The van der Waals surface area contributed by atoms with Crippen LogP contribution in [0.4, 0.5) is 5.69 Å². The lowest BCUT2D eigenvalue weighted by atomic mass is 10.1. The number of nitriles is 1. The number of nitrogens with one attached hydrogen (secondary N) is 1. The lowest BCUT2D eigenvalue weighted by Crippen LogP contribution is -2.35. The zero-order valence-corrected chi connectivity index (χ0v) is 15.6. The van der Waals surface area contributed by atoms with E-state index in [9.17, 15) is 13.2 Å². The van der Waals surface area contributed by atoms with Gasteiger partial charge in [0, 0.05) is 12.7 Å². The number of amides is 1. The molecule has 0 aliphatic heterocycles. The number of hydrogen-bond donors (Lipinski definition) is 1. The van der Waals surface area contributed by atoms with Crippen LogP contribution in [0.25, 0.3) is 0 Å². The molecule has 7 heteroatoms. The predicted octanol–water partition coefficient (Wildman–Crippen LogP) is 2.52. The summed E-state index contributed by atoms with van der Waals surface area (Å²) < 4.78 is 26.0. The number of anilines is 1. The Hall–Kier alpha value is -2.69. The zero-order chi connectivity index (χ0) is 19.2. The summed E-state index contributed by atoms with van der Waals surface area (Å²) >= 11 is 0. The van der Waals surface area contributed by atoms with Crippen molar-refractivity contribution in [3.63, 3.8) is 0 Å². The van der Waals surface area contributed by atoms with Crippen LogP contribution in [0, 0.1) is 11.3 Å². The van der Waals surface area contributed by atoms with Crippen molar-refractivity contribution in [3.05, 3.63) is 65.2 Å². The van der Waals surface area contributed by atoms with Crippen molar-refractivity contribution in [2.45, 2.75) is 19.1 Å². The van der Waals surface area contributed by atoms with Crippen LogP contribution in [0.2, 0.25) is 0 Å². The highest BCUT2D eigenvalue weighted by atomic mass is 32.2. The molecule has 0 aromatic heterocycles. The van der Waals surface area contributed by atoms with Crippen molar-refractivity contribution >= 4 is 21.6 Å². The Morgan fingerprint density at radius 1 is 1.19 bits per heavy atom. The second-order valence-corrected chi connectivity index (χ2v) is 7.96. The average molecular weight is 371 g/mol. The summed E-state index contributed by atoms with van der Waals surface area (Å²) in [5.74, 6) is -0.666. The SMILES string of the molecule is CCc1ccccc1NC(=O)CN(C)S(=O)(=O)Cc1cccc(C#N)c1. The summed E-state index contributed by atoms with van der Waals surface area (Å²) in [4.78, 5) is 12.2. The van der Waals surface area contributed by atoms with Crippen LogP contribution >= 0.6 is 0 Å². The van der Waals surface area contributed by atoms with Crippen molar-refractivity contribution in [1.82, 2.24) is 4.31 Å². The summed E-state index contributed by atoms with van der Waals surface area (Å²) in [5, 5.41) is 11.7. The van der Waals surface area contributed by atoms with E-state index in [1.807, 2.05) is 31.2 Å². The quantitative estimate of drug-likeness (QED) is 0.810. The number of carbonyl (C=O) groups excluding carboxylic acids is 1. The summed E-state index contributed by atoms with van der Waals surface area (Å²) in [6, 6.07) is 15.8. The van der Waals surface area contributed by atoms with Crippen LogP contribution in [-0.4, -0.2) is 32.2 Å². The number of carbonyl (C=O) groups is 1. The van der Waals surface area contributed by atoms with Crippen molar-refractivity contribution in [3.8, 4) is 6.07 Å². The highest BCUT2D eigenvalue weighted by Gasteiger charge is 2.21. The van der Waals surface area contributed by atoms with E-state index in [0.29, 0.717) is 16.8 Å². The van der Waals surface area contributed by atoms with Crippen LogP contribution in [0.5, 0.6) is 0 Å². The molecule has 1 N–H and O–H groups in total. The fourth-order valence-electron chi connectivity index (χ4n) is 2.49. The second-order valence-electron chi connectivity index (χ2n) is 5.88. The van der Waals surface area contributed by atoms with Gasteiger partial charge in [0.2, 0.25) is 15.9 Å². The number of aryl methyl sites for hydroxylation is 1. The molecular weight excluding hydrogens is 350 g/mol. The molecule has 0 bridgehead atoms. The van der Waals surface area contributed by atoms with E-state index in [-0.39, 0.29) is 12.3 Å². The molecule has 0 heterocycles. The Morgan fingerprint density at radius 3 is 2.62 bits per heavy atom. The van der Waals surface area contributed by atoms with Crippen LogP contribution in [0.1, 0.15) is 23.6 Å². The molecule has 0 saturated heterocycles. The first-order chi connectivity index (χ1) is 12.4. The number of sulfonamides is 1. The molecule has 0 aliphatic carbocycles. The minimum atomic E-state index is -3.68. The maximum Gasteiger partial charge on any atom is 0.239 e. The van der Waals surface area contributed by atoms with Gasteiger partial charge in [-0.2, -0.15) is 9.57 Å². The van der Waals surface area contributed by atoms with Gasteiger partial charge in [0.25, 0.3) is 0 Å². The second kappa shape index (κ2) is 8.61. The maximum absolute atomic E-state index is 12.5. The van der Waals surface area contributed by atoms with Crippen molar-refractivity contribution in [2.24, 2.45) is 0 Å². The summed E-state index contributed by atoms with van der Waals surface area (Å²) in [6.45, 7) is 1.70. The van der Waals surface area contributed by atoms with Crippen LogP contribution in [0.3, 0.4) is 0 Å². The van der Waals surface area contributed by atoms with E-state index in [2.05, 4.69) is 5.32 Å². The molecule has 0 atom stereocenters. The third kappa shape index (κ3) is 5.15. The molecule has 0 unspecified atom stereocenters. The average Bonchev–Trinajstić information content (AvgIpc) is 2.61. The Balaban J connectivity index is 2.04. The molecular formula is C19H21N3O3S. The largest absolute Gasteiger partial charge is 0.325 e. The lowest BCUT2D eigenvalue weighted by Gasteiger charge is -2.17. The molecule has 0 spiro atoms. The molecule has 0 saturated carbocycles. The van der Waals surface area contributed by atoms with E-state index < -0.39 is 15.9 Å². The zero-order valence-electron chi connectivity index (χ0n) is 14.8. The van der Waals surface area contributed by atoms with Gasteiger partial charge >= 0.3 is 0 Å². The molecule has 2 rings (SSSR count). The van der Waals surface area contributed by atoms with Crippen LogP contribution in [0.15, 0.2) is 48.5 Å². The first kappa shape index (κ1) is 19.6. The molecule has 0 fully saturated rings. The molecule has 2 aromatic rings. The van der Waals surface area contributed by atoms with Gasteiger partial charge in [-0.25, -0.2) is 8.42 Å². The number of nitrogens with zero attached hydrogens (tertiary/aromatic N) is 2. The number of para-hydroxylation sites is 1. The number of likely N-dealkylation sites (N-methyl/N-ethyl adjacent to an activating group) is 1. The van der Waals surface area contributed by atoms with E-state index >= 15 is 0 Å². The lowest BCUT2D eigenvalue weighted by molar-refractivity contribution is -0.116. The molecule has 6 nitrogen and oxygen atoms in total. The summed E-state index contributed by atoms with van der Waals surface area (Å²) in [7, 11) is -2.31. The molecule has 0 aliphatic rings. The monoisotopic (exact) mass is 371 g/mol. The minimum absolute atomic E-state index is 0.266. The van der Waals surface area contributed by atoms with E-state index in [0.717, 1.165) is 16.3 Å². The fourth-order valence-corrected chi connectivity index (χ4v) is 3.63. The number of hydrogen-bond acceptors (Lipinski definition) is 4. The van der Waals surface area contributed by atoms with Gasteiger partial charge < -0.3 is 5.32 Å². The topological polar surface area (TPSA) is 90.3 Å². The first-order valence-electron chi connectivity index (χ1n) is 8.16. The third-order valence-corrected chi connectivity index (χ3v) is 5.70. The molecule has 0 radical (unpaired) electrons. The van der Waals surface area contributed by atoms with Crippen LogP contribution in [-0.2, 0) is 27.0 Å². The maximum atomic E-state index is 12.5. The molecule has 2 aromatic carbocycles. The summed E-state index contributed by atoms with van der Waals surface area (Å²) in [5.41, 5.74) is 2.58. The number of rotatable bonds is 7. The first-order valence-corrected chi connectivity index (χ1v) is 9.77.